The molecular weight excluding hydrogens is 300 g/mol. The van der Waals surface area contributed by atoms with Crippen LogP contribution in [0.3, 0.4) is 0 Å². The van der Waals surface area contributed by atoms with Crippen molar-refractivity contribution in [3.63, 3.8) is 0 Å². The van der Waals surface area contributed by atoms with Crippen LogP contribution in [0.1, 0.15) is 20.8 Å². The lowest BCUT2D eigenvalue weighted by Crippen LogP contribution is -2.20. The van der Waals surface area contributed by atoms with Gasteiger partial charge in [-0.1, -0.05) is 36.4 Å². The molecule has 0 atom stereocenters. The first-order valence-corrected chi connectivity index (χ1v) is 8.14. The summed E-state index contributed by atoms with van der Waals surface area (Å²) in [6.45, 7) is 6.70. The molecule has 0 radical (unpaired) electrons. The van der Waals surface area contributed by atoms with Crippen molar-refractivity contribution in [3.8, 4) is 5.88 Å². The summed E-state index contributed by atoms with van der Waals surface area (Å²) in [5.41, 5.74) is 7.82. The third kappa shape index (κ3) is 2.97. The second kappa shape index (κ2) is 6.74. The van der Waals surface area contributed by atoms with Crippen molar-refractivity contribution in [2.75, 3.05) is 17.2 Å². The molecule has 24 heavy (non-hydrogen) atoms. The minimum atomic E-state index is 0.00248. The van der Waals surface area contributed by atoms with Crippen LogP contribution in [0.15, 0.2) is 48.8 Å². The van der Waals surface area contributed by atoms with Gasteiger partial charge in [-0.25, -0.2) is 4.98 Å². The van der Waals surface area contributed by atoms with Crippen LogP contribution in [0, 0.1) is 0 Å². The van der Waals surface area contributed by atoms with Gasteiger partial charge in [0.1, 0.15) is 12.0 Å². The normalized spacial score (nSPS) is 11.0. The van der Waals surface area contributed by atoms with E-state index in [4.69, 9.17) is 10.5 Å². The van der Waals surface area contributed by atoms with Gasteiger partial charge in [0, 0.05) is 11.9 Å². The Morgan fingerprint density at radius 1 is 1.08 bits per heavy atom. The molecule has 5 nitrogen and oxygen atoms in total. The summed E-state index contributed by atoms with van der Waals surface area (Å²) < 4.78 is 5.70. The predicted molar refractivity (Wildman–Crippen MR) is 98.8 cm³/mol. The lowest BCUT2D eigenvalue weighted by molar-refractivity contribution is 0.234. The van der Waals surface area contributed by atoms with E-state index in [9.17, 15) is 0 Å². The fraction of sp³-hybridized carbons (Fsp3) is 0.263. The number of aromatic nitrogens is 2. The molecule has 3 rings (SSSR count). The number of hydrogen-bond acceptors (Lipinski definition) is 5. The second-order valence-electron chi connectivity index (χ2n) is 5.83. The number of nitrogens with two attached hydrogens (primary N) is 1. The zero-order chi connectivity index (χ0) is 17.1. The van der Waals surface area contributed by atoms with Crippen LogP contribution in [0.4, 0.5) is 17.2 Å². The number of hydrogen-bond donors (Lipinski definition) is 1. The molecule has 3 aromatic rings. The topological polar surface area (TPSA) is 64.3 Å². The fourth-order valence-electron chi connectivity index (χ4n) is 2.78. The third-order valence-corrected chi connectivity index (χ3v) is 3.80. The van der Waals surface area contributed by atoms with Crippen LogP contribution in [-0.2, 0) is 0 Å². The smallest absolute Gasteiger partial charge is 0.242 e. The van der Waals surface area contributed by atoms with Crippen LogP contribution in [0.25, 0.3) is 10.8 Å². The Bertz CT molecular complexity index is 842. The van der Waals surface area contributed by atoms with Crippen molar-refractivity contribution in [3.05, 3.63) is 48.8 Å². The van der Waals surface area contributed by atoms with Gasteiger partial charge in [-0.2, -0.15) is 4.98 Å². The van der Waals surface area contributed by atoms with E-state index in [-0.39, 0.29) is 6.10 Å². The van der Waals surface area contributed by atoms with Crippen molar-refractivity contribution in [1.82, 2.24) is 9.97 Å². The SMILES string of the molecule is CCN(c1ncnc(OC(C)C)c1N)c1cccc2ccccc12. The van der Waals surface area contributed by atoms with Crippen LogP contribution >= 0.6 is 0 Å². The monoisotopic (exact) mass is 322 g/mol. The van der Waals surface area contributed by atoms with Crippen molar-refractivity contribution >= 4 is 28.0 Å². The number of rotatable bonds is 5. The summed E-state index contributed by atoms with van der Waals surface area (Å²) in [5.74, 6) is 1.09. The summed E-state index contributed by atoms with van der Waals surface area (Å²) >= 11 is 0. The largest absolute Gasteiger partial charge is 0.473 e. The van der Waals surface area contributed by atoms with Gasteiger partial charge >= 0.3 is 0 Å². The molecular formula is C19H22N4O. The van der Waals surface area contributed by atoms with E-state index >= 15 is 0 Å². The molecule has 5 heteroatoms. The zero-order valence-corrected chi connectivity index (χ0v) is 14.2. The van der Waals surface area contributed by atoms with Gasteiger partial charge in [-0.3, -0.25) is 0 Å². The van der Waals surface area contributed by atoms with E-state index in [1.165, 1.54) is 11.7 Å². The molecule has 0 spiro atoms. The van der Waals surface area contributed by atoms with Crippen LogP contribution in [0.2, 0.25) is 0 Å². The van der Waals surface area contributed by atoms with Gasteiger partial charge in [0.15, 0.2) is 5.82 Å². The standard InChI is InChI=1S/C19H22N4O/c1-4-23(16-11-7-9-14-8-5-6-10-15(14)16)18-17(20)19(22-12-21-18)24-13(2)3/h5-13H,4,20H2,1-3H3. The Hall–Kier alpha value is -2.82. The highest BCUT2D eigenvalue weighted by Gasteiger charge is 2.18. The molecule has 1 heterocycles. The van der Waals surface area contributed by atoms with Crippen LogP contribution < -0.4 is 15.4 Å². The number of nitrogens with zero attached hydrogens (tertiary/aromatic N) is 3. The van der Waals surface area contributed by atoms with Gasteiger partial charge < -0.3 is 15.4 Å². The predicted octanol–water partition coefficient (Wildman–Crippen LogP) is 4.16. The Balaban J connectivity index is 2.12. The summed E-state index contributed by atoms with van der Waals surface area (Å²) in [5, 5.41) is 2.34. The Kier molecular flexibility index (Phi) is 4.51. The molecule has 0 fully saturated rings. The summed E-state index contributed by atoms with van der Waals surface area (Å²) in [6, 6.07) is 14.5. The molecule has 0 unspecified atom stereocenters. The van der Waals surface area contributed by atoms with Crippen LogP contribution in [-0.4, -0.2) is 22.6 Å². The average molecular weight is 322 g/mol. The van der Waals surface area contributed by atoms with Crippen molar-refractivity contribution in [2.45, 2.75) is 26.9 Å². The second-order valence-corrected chi connectivity index (χ2v) is 5.83. The van der Waals surface area contributed by atoms with E-state index in [1.54, 1.807) is 0 Å². The maximum Gasteiger partial charge on any atom is 0.242 e. The lowest BCUT2D eigenvalue weighted by atomic mass is 10.1. The average Bonchev–Trinajstić information content (AvgIpc) is 2.58. The number of benzene rings is 2. The van der Waals surface area contributed by atoms with Crippen molar-refractivity contribution in [1.29, 1.82) is 0 Å². The number of anilines is 3. The quantitative estimate of drug-likeness (QED) is 0.764. The van der Waals surface area contributed by atoms with E-state index in [0.29, 0.717) is 17.4 Å². The van der Waals surface area contributed by atoms with Gasteiger partial charge in [0.2, 0.25) is 5.88 Å². The molecule has 0 amide bonds. The summed E-state index contributed by atoms with van der Waals surface area (Å²) in [4.78, 5) is 10.7. The number of ether oxygens (including phenoxy) is 1. The number of fused-ring (bicyclic) bond motifs is 1. The summed E-state index contributed by atoms with van der Waals surface area (Å²) in [6.07, 6.45) is 1.50. The molecule has 0 saturated carbocycles. The van der Waals surface area contributed by atoms with Gasteiger partial charge in [-0.05, 0) is 32.2 Å². The Morgan fingerprint density at radius 3 is 2.58 bits per heavy atom. The third-order valence-electron chi connectivity index (χ3n) is 3.80. The summed E-state index contributed by atoms with van der Waals surface area (Å²) in [7, 11) is 0. The molecule has 0 aliphatic rings. The van der Waals surface area contributed by atoms with Gasteiger partial charge in [0.25, 0.3) is 0 Å². The molecule has 0 aliphatic carbocycles. The van der Waals surface area contributed by atoms with E-state index in [1.807, 2.05) is 32.0 Å². The lowest BCUT2D eigenvalue weighted by Gasteiger charge is -2.25. The highest BCUT2D eigenvalue weighted by atomic mass is 16.5. The minimum absolute atomic E-state index is 0.00248. The Morgan fingerprint density at radius 2 is 1.83 bits per heavy atom. The molecule has 0 bridgehead atoms. The molecule has 2 aromatic carbocycles. The highest BCUT2D eigenvalue weighted by Crippen LogP contribution is 2.36. The first-order valence-electron chi connectivity index (χ1n) is 8.14. The van der Waals surface area contributed by atoms with Crippen molar-refractivity contribution < 1.29 is 4.74 Å². The molecule has 0 saturated heterocycles. The number of nitrogen functional groups attached to an aromatic ring is 1. The zero-order valence-electron chi connectivity index (χ0n) is 14.2. The fourth-order valence-corrected chi connectivity index (χ4v) is 2.78. The van der Waals surface area contributed by atoms with Crippen molar-refractivity contribution in [2.24, 2.45) is 0 Å². The molecule has 2 N–H and O–H groups in total. The molecule has 1 aromatic heterocycles. The van der Waals surface area contributed by atoms with Crippen LogP contribution in [0.5, 0.6) is 5.88 Å². The molecule has 0 aliphatic heterocycles. The van der Waals surface area contributed by atoms with E-state index in [0.717, 1.165) is 17.6 Å². The van der Waals surface area contributed by atoms with E-state index in [2.05, 4.69) is 46.1 Å². The first-order chi connectivity index (χ1) is 11.6. The molecule has 124 valence electrons. The van der Waals surface area contributed by atoms with Gasteiger partial charge in [-0.15, -0.1) is 0 Å². The maximum atomic E-state index is 6.30. The van der Waals surface area contributed by atoms with Gasteiger partial charge in [0.05, 0.1) is 11.8 Å². The minimum Gasteiger partial charge on any atom is -0.473 e. The highest BCUT2D eigenvalue weighted by molar-refractivity contribution is 5.96. The van der Waals surface area contributed by atoms with E-state index < -0.39 is 0 Å². The maximum absolute atomic E-state index is 6.30. The first kappa shape index (κ1) is 16.1. The Labute approximate surface area is 142 Å².